The third-order valence-corrected chi connectivity index (χ3v) is 4.85. The van der Waals surface area contributed by atoms with Crippen LogP contribution in [0.2, 0.25) is 5.02 Å². The first-order valence-corrected chi connectivity index (χ1v) is 7.21. The van der Waals surface area contributed by atoms with Crippen molar-refractivity contribution in [2.45, 2.75) is 16.7 Å². The molecule has 0 radical (unpaired) electrons. The quantitative estimate of drug-likeness (QED) is 0.836. The van der Waals surface area contributed by atoms with Gasteiger partial charge in [-0.25, -0.2) is 8.42 Å². The van der Waals surface area contributed by atoms with Crippen LogP contribution in [0.4, 0.5) is 0 Å². The van der Waals surface area contributed by atoms with Crippen molar-refractivity contribution < 1.29 is 18.6 Å². The van der Waals surface area contributed by atoms with Gasteiger partial charge in [0.25, 0.3) is 0 Å². The van der Waals surface area contributed by atoms with E-state index in [2.05, 4.69) is 0 Å². The van der Waals surface area contributed by atoms with Crippen LogP contribution in [0.3, 0.4) is 0 Å². The number of hydrogen-bond donors (Lipinski definition) is 2. The summed E-state index contributed by atoms with van der Waals surface area (Å²) in [5, 5.41) is 19.2. The SMILES string of the molecule is Cc1cc(O)c(O)cc1S(=O)(=O)c1ccc(Cl)cc1. The second kappa shape index (κ2) is 4.75. The van der Waals surface area contributed by atoms with Gasteiger partial charge in [-0.15, -0.1) is 0 Å². The fraction of sp³-hybridized carbons (Fsp3) is 0.0769. The fourth-order valence-corrected chi connectivity index (χ4v) is 3.32. The summed E-state index contributed by atoms with van der Waals surface area (Å²) in [6.45, 7) is 1.54. The normalized spacial score (nSPS) is 11.5. The summed E-state index contributed by atoms with van der Waals surface area (Å²) in [5.41, 5.74) is 0.352. The highest BCUT2D eigenvalue weighted by Crippen LogP contribution is 2.33. The van der Waals surface area contributed by atoms with Crippen molar-refractivity contribution in [2.75, 3.05) is 0 Å². The molecule has 100 valence electrons. The van der Waals surface area contributed by atoms with Crippen molar-refractivity contribution in [1.82, 2.24) is 0 Å². The number of sulfone groups is 1. The van der Waals surface area contributed by atoms with E-state index in [1.54, 1.807) is 6.92 Å². The zero-order chi connectivity index (χ0) is 14.2. The fourth-order valence-electron chi connectivity index (χ4n) is 1.69. The molecule has 2 aromatic rings. The molecule has 0 aliphatic carbocycles. The summed E-state index contributed by atoms with van der Waals surface area (Å²) in [6.07, 6.45) is 0. The lowest BCUT2D eigenvalue weighted by atomic mass is 10.2. The summed E-state index contributed by atoms with van der Waals surface area (Å²) in [4.78, 5) is 0.0233. The van der Waals surface area contributed by atoms with Crippen LogP contribution in [0, 0.1) is 6.92 Å². The van der Waals surface area contributed by atoms with E-state index in [1.165, 1.54) is 30.3 Å². The van der Waals surface area contributed by atoms with Crippen molar-refractivity contribution in [3.05, 3.63) is 47.0 Å². The van der Waals surface area contributed by atoms with Gasteiger partial charge in [0.15, 0.2) is 11.5 Å². The summed E-state index contributed by atoms with van der Waals surface area (Å²) in [5.74, 6) is -0.828. The molecule has 0 aromatic heterocycles. The number of halogens is 1. The Morgan fingerprint density at radius 1 is 1.00 bits per heavy atom. The maximum Gasteiger partial charge on any atom is 0.206 e. The Morgan fingerprint density at radius 3 is 2.11 bits per heavy atom. The van der Waals surface area contributed by atoms with Gasteiger partial charge in [0.2, 0.25) is 9.84 Å². The Hall–Kier alpha value is -1.72. The molecule has 19 heavy (non-hydrogen) atoms. The van der Waals surface area contributed by atoms with E-state index in [4.69, 9.17) is 11.6 Å². The van der Waals surface area contributed by atoms with Gasteiger partial charge >= 0.3 is 0 Å². The minimum Gasteiger partial charge on any atom is -0.504 e. The predicted octanol–water partition coefficient (Wildman–Crippen LogP) is 2.89. The molecule has 0 aliphatic heterocycles. The molecule has 0 amide bonds. The van der Waals surface area contributed by atoms with Crippen molar-refractivity contribution in [1.29, 1.82) is 0 Å². The average molecular weight is 299 g/mol. The highest BCUT2D eigenvalue weighted by atomic mass is 35.5. The number of rotatable bonds is 2. The van der Waals surface area contributed by atoms with E-state index in [0.29, 0.717) is 10.6 Å². The second-order valence-corrected chi connectivity index (χ2v) is 6.42. The maximum atomic E-state index is 12.4. The Bertz CT molecular complexity index is 721. The summed E-state index contributed by atoms with van der Waals surface area (Å²) < 4.78 is 24.8. The molecule has 0 saturated carbocycles. The van der Waals surface area contributed by atoms with Crippen LogP contribution in [0.5, 0.6) is 11.5 Å². The maximum absolute atomic E-state index is 12.4. The second-order valence-electron chi connectivity index (χ2n) is 4.06. The van der Waals surface area contributed by atoms with E-state index in [0.717, 1.165) is 6.07 Å². The molecule has 0 bridgehead atoms. The molecule has 6 heteroatoms. The van der Waals surface area contributed by atoms with E-state index < -0.39 is 15.6 Å². The Balaban J connectivity index is 2.63. The van der Waals surface area contributed by atoms with E-state index in [9.17, 15) is 18.6 Å². The molecule has 2 aromatic carbocycles. The number of phenols is 2. The number of hydrogen-bond acceptors (Lipinski definition) is 4. The summed E-state index contributed by atoms with van der Waals surface area (Å²) >= 11 is 5.72. The lowest BCUT2D eigenvalue weighted by molar-refractivity contribution is 0.401. The van der Waals surface area contributed by atoms with E-state index >= 15 is 0 Å². The first-order valence-electron chi connectivity index (χ1n) is 5.35. The van der Waals surface area contributed by atoms with Crippen LogP contribution in [-0.2, 0) is 9.84 Å². The van der Waals surface area contributed by atoms with Crippen LogP contribution in [0.25, 0.3) is 0 Å². The third kappa shape index (κ3) is 2.52. The monoisotopic (exact) mass is 298 g/mol. The van der Waals surface area contributed by atoms with Crippen molar-refractivity contribution >= 4 is 21.4 Å². The first-order chi connectivity index (χ1) is 8.82. The minimum absolute atomic E-state index is 0.0508. The van der Waals surface area contributed by atoms with Gasteiger partial charge in [-0.1, -0.05) is 11.6 Å². The van der Waals surface area contributed by atoms with Crippen molar-refractivity contribution in [2.24, 2.45) is 0 Å². The van der Waals surface area contributed by atoms with Crippen LogP contribution >= 0.6 is 11.6 Å². The zero-order valence-corrected chi connectivity index (χ0v) is 11.5. The topological polar surface area (TPSA) is 74.6 Å². The molecule has 4 nitrogen and oxygen atoms in total. The minimum atomic E-state index is -3.76. The van der Waals surface area contributed by atoms with Crippen LogP contribution in [0.1, 0.15) is 5.56 Å². The van der Waals surface area contributed by atoms with Crippen molar-refractivity contribution in [3.63, 3.8) is 0 Å². The number of benzene rings is 2. The standard InChI is InChI=1S/C13H11ClO4S/c1-8-6-11(15)12(16)7-13(8)19(17,18)10-4-2-9(14)3-5-10/h2-7,15-16H,1H3. The van der Waals surface area contributed by atoms with Gasteiger partial charge in [-0.05, 0) is 42.8 Å². The third-order valence-electron chi connectivity index (χ3n) is 2.69. The molecular weight excluding hydrogens is 288 g/mol. The van der Waals surface area contributed by atoms with E-state index in [1.807, 2.05) is 0 Å². The lowest BCUT2D eigenvalue weighted by Crippen LogP contribution is -2.04. The number of aromatic hydroxyl groups is 2. The number of aryl methyl sites for hydroxylation is 1. The van der Waals surface area contributed by atoms with Gasteiger partial charge in [0.1, 0.15) is 0 Å². The smallest absolute Gasteiger partial charge is 0.206 e. The molecular formula is C13H11ClO4S. The Kier molecular flexibility index (Phi) is 3.43. The van der Waals surface area contributed by atoms with Gasteiger partial charge in [0, 0.05) is 11.1 Å². The predicted molar refractivity (Wildman–Crippen MR) is 71.4 cm³/mol. The molecule has 0 aliphatic rings. The molecule has 2 N–H and O–H groups in total. The van der Waals surface area contributed by atoms with Crippen LogP contribution in [-0.4, -0.2) is 18.6 Å². The largest absolute Gasteiger partial charge is 0.504 e. The van der Waals surface area contributed by atoms with Gasteiger partial charge in [-0.2, -0.15) is 0 Å². The molecule has 0 fully saturated rings. The van der Waals surface area contributed by atoms with Crippen LogP contribution in [0.15, 0.2) is 46.2 Å². The van der Waals surface area contributed by atoms with Crippen molar-refractivity contribution in [3.8, 4) is 11.5 Å². The highest BCUT2D eigenvalue weighted by molar-refractivity contribution is 7.91. The number of phenolic OH excluding ortho intramolecular Hbond substituents is 2. The average Bonchev–Trinajstić information content (AvgIpc) is 2.34. The lowest BCUT2D eigenvalue weighted by Gasteiger charge is -2.09. The summed E-state index contributed by atoms with van der Waals surface area (Å²) in [6, 6.07) is 7.98. The molecule has 0 heterocycles. The summed E-state index contributed by atoms with van der Waals surface area (Å²) in [7, 11) is -3.76. The zero-order valence-electron chi connectivity index (χ0n) is 9.96. The first kappa shape index (κ1) is 13.7. The van der Waals surface area contributed by atoms with E-state index in [-0.39, 0.29) is 15.5 Å². The Morgan fingerprint density at radius 2 is 1.53 bits per heavy atom. The molecule has 2 rings (SSSR count). The molecule has 0 atom stereocenters. The van der Waals surface area contributed by atoms with Gasteiger partial charge in [0.05, 0.1) is 9.79 Å². The van der Waals surface area contributed by atoms with Crippen LogP contribution < -0.4 is 0 Å². The molecule has 0 saturated heterocycles. The van der Waals surface area contributed by atoms with Gasteiger partial charge < -0.3 is 10.2 Å². The molecule has 0 spiro atoms. The Labute approximate surface area is 115 Å². The highest BCUT2D eigenvalue weighted by Gasteiger charge is 2.21. The van der Waals surface area contributed by atoms with Gasteiger partial charge in [-0.3, -0.25) is 0 Å². The molecule has 0 unspecified atom stereocenters.